The van der Waals surface area contributed by atoms with Gasteiger partial charge in [0.25, 0.3) is 0 Å². The third kappa shape index (κ3) is 4.05. The average molecular weight is 180 g/mol. The molecular formula is C8H12N4O. The van der Waals surface area contributed by atoms with Crippen molar-refractivity contribution < 1.29 is 4.79 Å². The van der Waals surface area contributed by atoms with Crippen LogP contribution in [0.3, 0.4) is 0 Å². The molecule has 0 spiro atoms. The van der Waals surface area contributed by atoms with E-state index in [0.29, 0.717) is 19.0 Å². The van der Waals surface area contributed by atoms with Gasteiger partial charge in [-0.25, -0.2) is 9.97 Å². The van der Waals surface area contributed by atoms with Gasteiger partial charge < -0.3 is 10.6 Å². The minimum absolute atomic E-state index is 0.0317. The molecule has 0 aliphatic carbocycles. The zero-order chi connectivity index (χ0) is 9.52. The summed E-state index contributed by atoms with van der Waals surface area (Å²) in [6.07, 6.45) is 3.32. The summed E-state index contributed by atoms with van der Waals surface area (Å²) in [6, 6.07) is 1.75. The minimum atomic E-state index is -0.0317. The standard InChI is InChI=1S/C8H12N4O/c1-7(13)9-5-6-12-8-10-3-2-4-11-8/h2-4H,5-6H2,1H3,(H,9,13)(H,10,11,12). The van der Waals surface area contributed by atoms with Crippen molar-refractivity contribution in [3.05, 3.63) is 18.5 Å². The summed E-state index contributed by atoms with van der Waals surface area (Å²) >= 11 is 0. The fourth-order valence-corrected chi connectivity index (χ4v) is 0.803. The van der Waals surface area contributed by atoms with Gasteiger partial charge in [0.2, 0.25) is 11.9 Å². The van der Waals surface area contributed by atoms with E-state index >= 15 is 0 Å². The maximum absolute atomic E-state index is 10.5. The Kier molecular flexibility index (Phi) is 3.69. The number of aromatic nitrogens is 2. The molecule has 5 nitrogen and oxygen atoms in total. The molecule has 70 valence electrons. The fraction of sp³-hybridized carbons (Fsp3) is 0.375. The van der Waals surface area contributed by atoms with Gasteiger partial charge in [0.1, 0.15) is 0 Å². The number of hydrogen-bond donors (Lipinski definition) is 2. The highest BCUT2D eigenvalue weighted by Crippen LogP contribution is 1.91. The molecule has 0 aliphatic heterocycles. The van der Waals surface area contributed by atoms with Gasteiger partial charge in [-0.1, -0.05) is 0 Å². The molecule has 1 aromatic heterocycles. The normalized spacial score (nSPS) is 9.31. The SMILES string of the molecule is CC(=O)NCCNc1ncccn1. The number of carbonyl (C=O) groups excluding carboxylic acids is 1. The summed E-state index contributed by atoms with van der Waals surface area (Å²) in [5.41, 5.74) is 0. The Balaban J connectivity index is 2.17. The molecule has 0 aliphatic rings. The van der Waals surface area contributed by atoms with Crippen molar-refractivity contribution in [1.82, 2.24) is 15.3 Å². The van der Waals surface area contributed by atoms with Gasteiger partial charge in [-0.15, -0.1) is 0 Å². The van der Waals surface area contributed by atoms with Crippen LogP contribution in [-0.4, -0.2) is 29.0 Å². The second-order valence-electron chi connectivity index (χ2n) is 2.48. The van der Waals surface area contributed by atoms with Crippen LogP contribution in [0.15, 0.2) is 18.5 Å². The van der Waals surface area contributed by atoms with E-state index in [1.54, 1.807) is 18.5 Å². The molecule has 0 aromatic carbocycles. The maximum atomic E-state index is 10.5. The number of nitrogens with one attached hydrogen (secondary N) is 2. The van der Waals surface area contributed by atoms with E-state index in [4.69, 9.17) is 0 Å². The topological polar surface area (TPSA) is 66.9 Å². The summed E-state index contributed by atoms with van der Waals surface area (Å²) in [5.74, 6) is 0.545. The molecule has 1 aromatic rings. The zero-order valence-corrected chi connectivity index (χ0v) is 7.45. The van der Waals surface area contributed by atoms with Gasteiger partial charge in [0, 0.05) is 32.4 Å². The van der Waals surface area contributed by atoms with Crippen LogP contribution in [0.5, 0.6) is 0 Å². The molecule has 0 radical (unpaired) electrons. The Bertz CT molecular complexity index is 262. The average Bonchev–Trinajstić information content (AvgIpc) is 2.14. The van der Waals surface area contributed by atoms with Gasteiger partial charge in [0.05, 0.1) is 0 Å². The lowest BCUT2D eigenvalue weighted by atomic mass is 10.5. The second kappa shape index (κ2) is 5.08. The summed E-state index contributed by atoms with van der Waals surface area (Å²) < 4.78 is 0. The van der Waals surface area contributed by atoms with Crippen molar-refractivity contribution in [3.8, 4) is 0 Å². The lowest BCUT2D eigenvalue weighted by molar-refractivity contribution is -0.118. The highest BCUT2D eigenvalue weighted by Gasteiger charge is 1.92. The number of nitrogens with zero attached hydrogens (tertiary/aromatic N) is 2. The predicted molar refractivity (Wildman–Crippen MR) is 49.2 cm³/mol. The number of hydrogen-bond acceptors (Lipinski definition) is 4. The Morgan fingerprint density at radius 3 is 2.69 bits per heavy atom. The van der Waals surface area contributed by atoms with Crippen molar-refractivity contribution in [3.63, 3.8) is 0 Å². The van der Waals surface area contributed by atoms with Crippen LogP contribution in [0.1, 0.15) is 6.92 Å². The van der Waals surface area contributed by atoms with E-state index in [-0.39, 0.29) is 5.91 Å². The van der Waals surface area contributed by atoms with Gasteiger partial charge in [-0.3, -0.25) is 4.79 Å². The summed E-state index contributed by atoms with van der Waals surface area (Å²) in [5, 5.41) is 5.62. The van der Waals surface area contributed by atoms with Gasteiger partial charge in [0.15, 0.2) is 0 Å². The zero-order valence-electron chi connectivity index (χ0n) is 7.45. The lowest BCUT2D eigenvalue weighted by Crippen LogP contribution is -2.26. The first kappa shape index (κ1) is 9.44. The number of anilines is 1. The van der Waals surface area contributed by atoms with Crippen LogP contribution in [0, 0.1) is 0 Å². The molecular weight excluding hydrogens is 168 g/mol. The molecule has 0 saturated carbocycles. The molecule has 0 saturated heterocycles. The minimum Gasteiger partial charge on any atom is -0.355 e. The van der Waals surface area contributed by atoms with E-state index in [2.05, 4.69) is 20.6 Å². The maximum Gasteiger partial charge on any atom is 0.222 e. The molecule has 0 unspecified atom stereocenters. The van der Waals surface area contributed by atoms with Crippen LogP contribution in [0.25, 0.3) is 0 Å². The second-order valence-corrected chi connectivity index (χ2v) is 2.48. The summed E-state index contributed by atoms with van der Waals surface area (Å²) in [4.78, 5) is 18.4. The summed E-state index contributed by atoms with van der Waals surface area (Å²) in [6.45, 7) is 2.69. The van der Waals surface area contributed by atoms with Gasteiger partial charge >= 0.3 is 0 Å². The Labute approximate surface area is 76.6 Å². The van der Waals surface area contributed by atoms with Crippen molar-refractivity contribution in [2.45, 2.75) is 6.92 Å². The van der Waals surface area contributed by atoms with E-state index in [1.165, 1.54) is 6.92 Å². The Morgan fingerprint density at radius 1 is 1.38 bits per heavy atom. The molecule has 1 rings (SSSR count). The van der Waals surface area contributed by atoms with Crippen LogP contribution in [-0.2, 0) is 4.79 Å². The molecule has 0 bridgehead atoms. The van der Waals surface area contributed by atoms with E-state index in [0.717, 1.165) is 0 Å². The highest BCUT2D eigenvalue weighted by atomic mass is 16.1. The first-order valence-corrected chi connectivity index (χ1v) is 4.04. The van der Waals surface area contributed by atoms with E-state index in [9.17, 15) is 4.79 Å². The van der Waals surface area contributed by atoms with Crippen LogP contribution >= 0.6 is 0 Å². The summed E-state index contributed by atoms with van der Waals surface area (Å²) in [7, 11) is 0. The van der Waals surface area contributed by atoms with E-state index < -0.39 is 0 Å². The van der Waals surface area contributed by atoms with Crippen molar-refractivity contribution in [2.24, 2.45) is 0 Å². The van der Waals surface area contributed by atoms with Crippen LogP contribution in [0.2, 0.25) is 0 Å². The quantitative estimate of drug-likeness (QED) is 0.641. The molecule has 13 heavy (non-hydrogen) atoms. The fourth-order valence-electron chi connectivity index (χ4n) is 0.803. The smallest absolute Gasteiger partial charge is 0.222 e. The van der Waals surface area contributed by atoms with Crippen molar-refractivity contribution in [2.75, 3.05) is 18.4 Å². The number of amides is 1. The first-order chi connectivity index (χ1) is 6.29. The van der Waals surface area contributed by atoms with Gasteiger partial charge in [-0.05, 0) is 6.07 Å². The molecule has 1 heterocycles. The largest absolute Gasteiger partial charge is 0.355 e. The van der Waals surface area contributed by atoms with Crippen LogP contribution < -0.4 is 10.6 Å². The molecule has 0 atom stereocenters. The Morgan fingerprint density at radius 2 is 2.08 bits per heavy atom. The molecule has 0 fully saturated rings. The van der Waals surface area contributed by atoms with Crippen molar-refractivity contribution in [1.29, 1.82) is 0 Å². The monoisotopic (exact) mass is 180 g/mol. The van der Waals surface area contributed by atoms with Crippen molar-refractivity contribution >= 4 is 11.9 Å². The first-order valence-electron chi connectivity index (χ1n) is 4.04. The lowest BCUT2D eigenvalue weighted by Gasteiger charge is -2.03. The number of carbonyl (C=O) groups is 1. The number of rotatable bonds is 4. The highest BCUT2D eigenvalue weighted by molar-refractivity contribution is 5.72. The third-order valence-electron chi connectivity index (χ3n) is 1.35. The Hall–Kier alpha value is -1.65. The van der Waals surface area contributed by atoms with Crippen LogP contribution in [0.4, 0.5) is 5.95 Å². The third-order valence-corrected chi connectivity index (χ3v) is 1.35. The van der Waals surface area contributed by atoms with Gasteiger partial charge in [-0.2, -0.15) is 0 Å². The molecule has 5 heteroatoms. The van der Waals surface area contributed by atoms with E-state index in [1.807, 2.05) is 0 Å². The predicted octanol–water partition coefficient (Wildman–Crippen LogP) is 0.0246. The molecule has 2 N–H and O–H groups in total. The molecule has 1 amide bonds.